The molecule has 3 aromatic rings. The van der Waals surface area contributed by atoms with Gasteiger partial charge in [0, 0.05) is 24.0 Å². The van der Waals surface area contributed by atoms with Gasteiger partial charge in [-0.1, -0.05) is 19.9 Å². The predicted octanol–water partition coefficient (Wildman–Crippen LogP) is 3.86. The van der Waals surface area contributed by atoms with Crippen LogP contribution in [0.5, 0.6) is 0 Å². The van der Waals surface area contributed by atoms with Gasteiger partial charge in [-0.3, -0.25) is 9.97 Å². The lowest BCUT2D eigenvalue weighted by Gasteiger charge is -2.06. The Labute approximate surface area is 127 Å². The standard InChI is InChI=1S/C15H15N5S/c1-10(2)11-3-4-14(18-7-11)20-15-19-13(9-21-15)12-8-16-5-6-17-12/h3-10H,1-2H3,(H,18,19,20). The van der Waals surface area contributed by atoms with Crippen molar-refractivity contribution in [1.82, 2.24) is 19.9 Å². The smallest absolute Gasteiger partial charge is 0.188 e. The molecular formula is C15H15N5S. The number of thiazole rings is 1. The first-order chi connectivity index (χ1) is 10.2. The van der Waals surface area contributed by atoms with Crippen molar-refractivity contribution in [2.75, 3.05) is 5.32 Å². The molecule has 1 N–H and O–H groups in total. The molecule has 3 heterocycles. The molecule has 0 aliphatic rings. The highest BCUT2D eigenvalue weighted by Crippen LogP contribution is 2.25. The zero-order valence-electron chi connectivity index (χ0n) is 11.8. The molecule has 0 amide bonds. The maximum Gasteiger partial charge on any atom is 0.188 e. The summed E-state index contributed by atoms with van der Waals surface area (Å²) in [6.45, 7) is 4.30. The van der Waals surface area contributed by atoms with Crippen LogP contribution in [0.2, 0.25) is 0 Å². The van der Waals surface area contributed by atoms with Crippen LogP contribution < -0.4 is 5.32 Å². The fourth-order valence-corrected chi connectivity index (χ4v) is 2.52. The van der Waals surface area contributed by atoms with Gasteiger partial charge in [-0.2, -0.15) is 0 Å². The van der Waals surface area contributed by atoms with Crippen LogP contribution >= 0.6 is 11.3 Å². The molecule has 3 rings (SSSR count). The molecule has 0 bridgehead atoms. The minimum atomic E-state index is 0.481. The number of anilines is 2. The molecule has 0 saturated carbocycles. The zero-order valence-corrected chi connectivity index (χ0v) is 12.6. The Morgan fingerprint density at radius 3 is 2.62 bits per heavy atom. The average molecular weight is 297 g/mol. The third-order valence-electron chi connectivity index (χ3n) is 3.02. The van der Waals surface area contributed by atoms with E-state index in [0.717, 1.165) is 22.3 Å². The van der Waals surface area contributed by atoms with Crippen molar-refractivity contribution in [3.05, 3.63) is 47.9 Å². The summed E-state index contributed by atoms with van der Waals surface area (Å²) in [5.74, 6) is 1.27. The molecule has 6 heteroatoms. The largest absolute Gasteiger partial charge is 0.316 e. The fourth-order valence-electron chi connectivity index (χ4n) is 1.81. The normalized spacial score (nSPS) is 10.8. The average Bonchev–Trinajstić information content (AvgIpc) is 2.97. The molecule has 0 spiro atoms. The molecule has 0 fully saturated rings. The van der Waals surface area contributed by atoms with Crippen LogP contribution in [0.25, 0.3) is 11.4 Å². The van der Waals surface area contributed by atoms with Crippen LogP contribution in [0, 0.1) is 0 Å². The second-order valence-electron chi connectivity index (χ2n) is 4.89. The fraction of sp³-hybridized carbons (Fsp3) is 0.200. The van der Waals surface area contributed by atoms with Crippen LogP contribution in [-0.4, -0.2) is 19.9 Å². The molecule has 3 aromatic heterocycles. The van der Waals surface area contributed by atoms with Crippen molar-refractivity contribution in [3.63, 3.8) is 0 Å². The van der Waals surface area contributed by atoms with Gasteiger partial charge in [0.05, 0.1) is 6.20 Å². The van der Waals surface area contributed by atoms with Gasteiger partial charge in [0.15, 0.2) is 5.13 Å². The summed E-state index contributed by atoms with van der Waals surface area (Å²) in [6, 6.07) is 4.05. The maximum absolute atomic E-state index is 4.50. The minimum Gasteiger partial charge on any atom is -0.316 e. The highest BCUT2D eigenvalue weighted by Gasteiger charge is 2.07. The van der Waals surface area contributed by atoms with E-state index in [1.165, 1.54) is 16.9 Å². The summed E-state index contributed by atoms with van der Waals surface area (Å²) in [5, 5.41) is 5.95. The molecule has 0 radical (unpaired) electrons. The molecular weight excluding hydrogens is 282 g/mol. The van der Waals surface area contributed by atoms with Crippen LogP contribution in [0.1, 0.15) is 25.3 Å². The number of pyridine rings is 1. The Morgan fingerprint density at radius 2 is 1.95 bits per heavy atom. The third kappa shape index (κ3) is 3.22. The van der Waals surface area contributed by atoms with E-state index < -0.39 is 0 Å². The number of nitrogens with zero attached hydrogens (tertiary/aromatic N) is 4. The van der Waals surface area contributed by atoms with E-state index in [4.69, 9.17) is 0 Å². The molecule has 21 heavy (non-hydrogen) atoms. The highest BCUT2D eigenvalue weighted by molar-refractivity contribution is 7.14. The van der Waals surface area contributed by atoms with E-state index in [1.807, 2.05) is 17.6 Å². The quantitative estimate of drug-likeness (QED) is 0.792. The van der Waals surface area contributed by atoms with Crippen LogP contribution in [0.3, 0.4) is 0 Å². The number of aromatic nitrogens is 4. The zero-order chi connectivity index (χ0) is 14.7. The van der Waals surface area contributed by atoms with E-state index in [1.54, 1.807) is 18.6 Å². The lowest BCUT2D eigenvalue weighted by atomic mass is 10.1. The van der Waals surface area contributed by atoms with E-state index in [-0.39, 0.29) is 0 Å². The Balaban J connectivity index is 1.75. The van der Waals surface area contributed by atoms with Crippen molar-refractivity contribution in [2.45, 2.75) is 19.8 Å². The topological polar surface area (TPSA) is 63.6 Å². The van der Waals surface area contributed by atoms with Gasteiger partial charge in [-0.05, 0) is 17.5 Å². The molecule has 0 atom stereocenters. The molecule has 0 saturated heterocycles. The first kappa shape index (κ1) is 13.6. The lowest BCUT2D eigenvalue weighted by Crippen LogP contribution is -1.95. The third-order valence-corrected chi connectivity index (χ3v) is 3.78. The number of rotatable bonds is 4. The Bertz CT molecular complexity index is 706. The van der Waals surface area contributed by atoms with Gasteiger partial charge >= 0.3 is 0 Å². The molecule has 0 aliphatic carbocycles. The van der Waals surface area contributed by atoms with Gasteiger partial charge in [0.2, 0.25) is 0 Å². The van der Waals surface area contributed by atoms with Gasteiger partial charge < -0.3 is 5.32 Å². The van der Waals surface area contributed by atoms with Crippen molar-refractivity contribution < 1.29 is 0 Å². The van der Waals surface area contributed by atoms with Gasteiger partial charge in [0.25, 0.3) is 0 Å². The number of hydrogen-bond donors (Lipinski definition) is 1. The summed E-state index contributed by atoms with van der Waals surface area (Å²) in [7, 11) is 0. The van der Waals surface area contributed by atoms with E-state index >= 15 is 0 Å². The summed E-state index contributed by atoms with van der Waals surface area (Å²) in [4.78, 5) is 17.2. The Kier molecular flexibility index (Phi) is 3.87. The molecule has 5 nitrogen and oxygen atoms in total. The van der Waals surface area contributed by atoms with Crippen LogP contribution in [0.4, 0.5) is 10.9 Å². The molecule has 0 aromatic carbocycles. The van der Waals surface area contributed by atoms with Crippen molar-refractivity contribution in [3.8, 4) is 11.4 Å². The monoisotopic (exact) mass is 297 g/mol. The summed E-state index contributed by atoms with van der Waals surface area (Å²) >= 11 is 1.52. The van der Waals surface area contributed by atoms with Crippen molar-refractivity contribution in [2.24, 2.45) is 0 Å². The summed E-state index contributed by atoms with van der Waals surface area (Å²) < 4.78 is 0. The van der Waals surface area contributed by atoms with Crippen LogP contribution in [-0.2, 0) is 0 Å². The first-order valence-electron chi connectivity index (χ1n) is 6.67. The second-order valence-corrected chi connectivity index (χ2v) is 5.74. The predicted molar refractivity (Wildman–Crippen MR) is 84.7 cm³/mol. The van der Waals surface area contributed by atoms with E-state index in [2.05, 4.69) is 45.2 Å². The molecule has 106 valence electrons. The second kappa shape index (κ2) is 5.97. The van der Waals surface area contributed by atoms with Crippen LogP contribution in [0.15, 0.2) is 42.3 Å². The lowest BCUT2D eigenvalue weighted by molar-refractivity contribution is 0.859. The van der Waals surface area contributed by atoms with Gasteiger partial charge in [-0.15, -0.1) is 11.3 Å². The number of nitrogens with one attached hydrogen (secondary N) is 1. The SMILES string of the molecule is CC(C)c1ccc(Nc2nc(-c3cnccn3)cs2)nc1. The van der Waals surface area contributed by atoms with Crippen molar-refractivity contribution in [1.29, 1.82) is 0 Å². The van der Waals surface area contributed by atoms with Gasteiger partial charge in [0.1, 0.15) is 17.2 Å². The Hall–Kier alpha value is -2.34. The number of hydrogen-bond acceptors (Lipinski definition) is 6. The van der Waals surface area contributed by atoms with E-state index in [0.29, 0.717) is 5.92 Å². The summed E-state index contributed by atoms with van der Waals surface area (Å²) in [6.07, 6.45) is 6.90. The molecule has 0 aliphatic heterocycles. The maximum atomic E-state index is 4.50. The summed E-state index contributed by atoms with van der Waals surface area (Å²) in [5.41, 5.74) is 2.80. The Morgan fingerprint density at radius 1 is 1.05 bits per heavy atom. The highest BCUT2D eigenvalue weighted by atomic mass is 32.1. The molecule has 0 unspecified atom stereocenters. The van der Waals surface area contributed by atoms with Gasteiger partial charge in [-0.25, -0.2) is 9.97 Å². The van der Waals surface area contributed by atoms with Crippen molar-refractivity contribution >= 4 is 22.3 Å². The van der Waals surface area contributed by atoms with E-state index in [9.17, 15) is 0 Å². The first-order valence-corrected chi connectivity index (χ1v) is 7.55. The minimum absolute atomic E-state index is 0.481.